The van der Waals surface area contributed by atoms with Crippen LogP contribution in [0.4, 0.5) is 5.69 Å². The molecular formula is C19H16BrNO5S2. The molecule has 1 heterocycles. The maximum atomic E-state index is 12.8. The van der Waals surface area contributed by atoms with Gasteiger partial charge in [-0.1, -0.05) is 28.1 Å². The highest BCUT2D eigenvalue weighted by Crippen LogP contribution is 2.34. The third-order valence-corrected chi connectivity index (χ3v) is 7.36. The van der Waals surface area contributed by atoms with Crippen molar-refractivity contribution in [2.24, 2.45) is 0 Å². The molecule has 0 saturated carbocycles. The molecule has 0 unspecified atom stereocenters. The van der Waals surface area contributed by atoms with Gasteiger partial charge >= 0.3 is 5.97 Å². The average Bonchev–Trinajstić information content (AvgIpc) is 3.19. The molecule has 9 heteroatoms. The van der Waals surface area contributed by atoms with Crippen molar-refractivity contribution < 1.29 is 22.7 Å². The van der Waals surface area contributed by atoms with Gasteiger partial charge in [-0.3, -0.25) is 4.72 Å². The van der Waals surface area contributed by atoms with E-state index in [0.29, 0.717) is 0 Å². The second kappa shape index (κ2) is 8.34. The zero-order valence-corrected chi connectivity index (χ0v) is 18.2. The molecule has 0 amide bonds. The van der Waals surface area contributed by atoms with Gasteiger partial charge in [0.25, 0.3) is 10.0 Å². The third-order valence-electron chi connectivity index (χ3n) is 3.84. The Balaban J connectivity index is 1.88. The van der Waals surface area contributed by atoms with E-state index >= 15 is 0 Å². The Hall–Kier alpha value is -2.36. The lowest BCUT2D eigenvalue weighted by Crippen LogP contribution is -2.12. The molecule has 0 aliphatic heterocycles. The van der Waals surface area contributed by atoms with E-state index in [0.717, 1.165) is 26.3 Å². The average molecular weight is 482 g/mol. The molecule has 2 aromatic carbocycles. The molecule has 3 rings (SSSR count). The number of nitrogens with one attached hydrogen (secondary N) is 1. The van der Waals surface area contributed by atoms with Crippen molar-refractivity contribution in [1.29, 1.82) is 0 Å². The van der Waals surface area contributed by atoms with Gasteiger partial charge in [-0.05, 0) is 48.0 Å². The molecule has 0 aliphatic rings. The van der Waals surface area contributed by atoms with E-state index in [4.69, 9.17) is 4.74 Å². The molecule has 0 bridgehead atoms. The smallest absolute Gasteiger partial charge is 0.337 e. The first kappa shape index (κ1) is 20.4. The monoisotopic (exact) mass is 481 g/mol. The molecule has 0 fully saturated rings. The van der Waals surface area contributed by atoms with Gasteiger partial charge in [0.2, 0.25) is 0 Å². The number of esters is 1. The Bertz CT molecular complexity index is 1110. The van der Waals surface area contributed by atoms with Gasteiger partial charge in [0, 0.05) is 9.35 Å². The van der Waals surface area contributed by atoms with Crippen molar-refractivity contribution in [1.82, 2.24) is 0 Å². The van der Waals surface area contributed by atoms with Gasteiger partial charge in [0.05, 0.1) is 25.5 Å². The maximum absolute atomic E-state index is 12.8. The van der Waals surface area contributed by atoms with Crippen LogP contribution in [0.5, 0.6) is 5.75 Å². The summed E-state index contributed by atoms with van der Waals surface area (Å²) in [6, 6.07) is 15.3. The molecule has 0 saturated heterocycles. The minimum Gasteiger partial charge on any atom is -0.495 e. The van der Waals surface area contributed by atoms with Crippen LogP contribution in [0.25, 0.3) is 10.4 Å². The summed E-state index contributed by atoms with van der Waals surface area (Å²) in [6.45, 7) is 0. The van der Waals surface area contributed by atoms with Crippen LogP contribution >= 0.6 is 27.3 Å². The van der Waals surface area contributed by atoms with Crippen molar-refractivity contribution in [3.8, 4) is 16.2 Å². The third kappa shape index (κ3) is 4.37. The molecule has 0 aliphatic carbocycles. The van der Waals surface area contributed by atoms with E-state index in [-0.39, 0.29) is 21.2 Å². The summed E-state index contributed by atoms with van der Waals surface area (Å²) in [5.74, 6) is -0.318. The number of carbonyl (C=O) groups excluding carboxylic acids is 1. The molecule has 146 valence electrons. The van der Waals surface area contributed by atoms with E-state index in [1.807, 2.05) is 24.3 Å². The summed E-state index contributed by atoms with van der Waals surface area (Å²) < 4.78 is 39.1. The molecule has 0 atom stereocenters. The summed E-state index contributed by atoms with van der Waals surface area (Å²) in [7, 11) is -1.15. The van der Waals surface area contributed by atoms with E-state index in [1.54, 1.807) is 12.1 Å². The first-order valence-corrected chi connectivity index (χ1v) is 11.1. The highest BCUT2D eigenvalue weighted by molar-refractivity contribution is 9.10. The molecule has 0 radical (unpaired) electrons. The number of thiophene rings is 1. The van der Waals surface area contributed by atoms with Crippen LogP contribution in [-0.4, -0.2) is 28.6 Å². The zero-order valence-electron chi connectivity index (χ0n) is 14.9. The lowest BCUT2D eigenvalue weighted by molar-refractivity contribution is 0.0600. The second-order valence-electron chi connectivity index (χ2n) is 5.64. The molecule has 28 heavy (non-hydrogen) atoms. The lowest BCUT2D eigenvalue weighted by Gasteiger charge is -2.12. The van der Waals surface area contributed by atoms with Crippen molar-refractivity contribution >= 4 is 48.9 Å². The van der Waals surface area contributed by atoms with Gasteiger partial charge in [-0.2, -0.15) is 0 Å². The van der Waals surface area contributed by atoms with E-state index < -0.39 is 16.0 Å². The van der Waals surface area contributed by atoms with Crippen molar-refractivity contribution in [2.45, 2.75) is 4.21 Å². The van der Waals surface area contributed by atoms with Crippen LogP contribution in [0.1, 0.15) is 10.4 Å². The number of halogens is 1. The van der Waals surface area contributed by atoms with Crippen LogP contribution in [0, 0.1) is 0 Å². The number of anilines is 1. The Morgan fingerprint density at radius 1 is 1.04 bits per heavy atom. The minimum atomic E-state index is -3.82. The van der Waals surface area contributed by atoms with Gasteiger partial charge < -0.3 is 9.47 Å². The molecule has 1 aromatic heterocycles. The van der Waals surface area contributed by atoms with Crippen molar-refractivity contribution in [3.63, 3.8) is 0 Å². The van der Waals surface area contributed by atoms with Crippen molar-refractivity contribution in [3.05, 3.63) is 64.6 Å². The summed E-state index contributed by atoms with van der Waals surface area (Å²) in [4.78, 5) is 12.5. The molecular weight excluding hydrogens is 466 g/mol. The minimum absolute atomic E-state index is 0.171. The maximum Gasteiger partial charge on any atom is 0.337 e. The van der Waals surface area contributed by atoms with Gasteiger partial charge in [-0.15, -0.1) is 11.3 Å². The van der Waals surface area contributed by atoms with Gasteiger partial charge in [0.15, 0.2) is 0 Å². The van der Waals surface area contributed by atoms with E-state index in [9.17, 15) is 13.2 Å². The second-order valence-corrected chi connectivity index (χ2v) is 9.55. The SMILES string of the molecule is COC(=O)c1ccc(NS(=O)(=O)c2ccc(-c3ccc(Br)cc3)s2)c(OC)c1. The van der Waals surface area contributed by atoms with Crippen LogP contribution in [0.3, 0.4) is 0 Å². The first-order chi connectivity index (χ1) is 13.3. The zero-order chi connectivity index (χ0) is 20.3. The van der Waals surface area contributed by atoms with Gasteiger partial charge in [0.1, 0.15) is 9.96 Å². The van der Waals surface area contributed by atoms with Crippen LogP contribution in [0.2, 0.25) is 0 Å². The number of hydrogen-bond donors (Lipinski definition) is 1. The Morgan fingerprint density at radius 3 is 2.39 bits per heavy atom. The molecule has 3 aromatic rings. The fourth-order valence-electron chi connectivity index (χ4n) is 2.45. The number of carbonyl (C=O) groups is 1. The van der Waals surface area contributed by atoms with Crippen LogP contribution in [0.15, 0.2) is 63.3 Å². The summed E-state index contributed by atoms with van der Waals surface area (Å²) in [5.41, 5.74) is 1.42. The fraction of sp³-hybridized carbons (Fsp3) is 0.105. The largest absolute Gasteiger partial charge is 0.495 e. The normalized spacial score (nSPS) is 11.1. The quantitative estimate of drug-likeness (QED) is 0.512. The molecule has 1 N–H and O–H groups in total. The number of rotatable bonds is 6. The van der Waals surface area contributed by atoms with E-state index in [1.165, 1.54) is 32.4 Å². The predicted octanol–water partition coefficient (Wildman–Crippen LogP) is 4.77. The lowest BCUT2D eigenvalue weighted by atomic mass is 10.2. The number of hydrogen-bond acceptors (Lipinski definition) is 6. The summed E-state index contributed by atoms with van der Waals surface area (Å²) in [5, 5.41) is 0. The van der Waals surface area contributed by atoms with Gasteiger partial charge in [-0.25, -0.2) is 13.2 Å². The topological polar surface area (TPSA) is 81.7 Å². The highest BCUT2D eigenvalue weighted by atomic mass is 79.9. The van der Waals surface area contributed by atoms with Crippen molar-refractivity contribution in [2.75, 3.05) is 18.9 Å². The highest BCUT2D eigenvalue weighted by Gasteiger charge is 2.20. The number of methoxy groups -OCH3 is 2. The Labute approximate surface area is 175 Å². The number of benzene rings is 2. The summed E-state index contributed by atoms with van der Waals surface area (Å²) in [6.07, 6.45) is 0. The summed E-state index contributed by atoms with van der Waals surface area (Å²) >= 11 is 4.54. The van der Waals surface area contributed by atoms with E-state index in [2.05, 4.69) is 25.4 Å². The standard InChI is InChI=1S/C19H16BrNO5S2/c1-25-16-11-13(19(22)26-2)5-8-15(16)21-28(23,24)18-10-9-17(27-18)12-3-6-14(20)7-4-12/h3-11,21H,1-2H3. The molecule has 6 nitrogen and oxygen atoms in total. The van der Waals surface area contributed by atoms with Crippen LogP contribution < -0.4 is 9.46 Å². The fourth-order valence-corrected chi connectivity index (χ4v) is 5.10. The Morgan fingerprint density at radius 2 is 1.75 bits per heavy atom. The first-order valence-electron chi connectivity index (χ1n) is 7.99. The number of sulfonamides is 1. The van der Waals surface area contributed by atoms with Crippen LogP contribution in [-0.2, 0) is 14.8 Å². The Kier molecular flexibility index (Phi) is 6.07. The number of ether oxygens (including phenoxy) is 2. The predicted molar refractivity (Wildman–Crippen MR) is 113 cm³/mol. The molecule has 0 spiro atoms.